The van der Waals surface area contributed by atoms with Gasteiger partial charge in [0.25, 0.3) is 11.8 Å². The summed E-state index contributed by atoms with van der Waals surface area (Å²) in [6.07, 6.45) is 2.00. The van der Waals surface area contributed by atoms with Crippen molar-refractivity contribution < 1.29 is 14.5 Å². The fourth-order valence-electron chi connectivity index (χ4n) is 3.14. The number of quaternary nitrogens is 1. The predicted octanol–water partition coefficient (Wildman–Crippen LogP) is 1.39. The minimum atomic E-state index is 0.0179. The van der Waals surface area contributed by atoms with Crippen molar-refractivity contribution in [3.63, 3.8) is 0 Å². The SMILES string of the molecule is CSc1ccccc1NC(=O)C[NH+]1CCN(C(=O)c2ccccc2)CC1. The lowest BCUT2D eigenvalue weighted by Gasteiger charge is -2.32. The molecule has 0 spiro atoms. The van der Waals surface area contributed by atoms with Gasteiger partial charge in [-0.1, -0.05) is 30.3 Å². The Morgan fingerprint density at radius 3 is 2.38 bits per heavy atom. The maximum atomic E-state index is 12.5. The molecule has 5 nitrogen and oxygen atoms in total. The molecule has 1 aliphatic rings. The number of carbonyl (C=O) groups is 2. The van der Waals surface area contributed by atoms with E-state index in [4.69, 9.17) is 0 Å². The summed E-state index contributed by atoms with van der Waals surface area (Å²) in [4.78, 5) is 29.0. The molecular formula is C20H24N3O2S+. The molecule has 136 valence electrons. The number of nitrogens with zero attached hydrogens (tertiary/aromatic N) is 1. The lowest BCUT2D eigenvalue weighted by atomic mass is 10.2. The summed E-state index contributed by atoms with van der Waals surface area (Å²) in [6, 6.07) is 17.2. The topological polar surface area (TPSA) is 53.9 Å². The summed E-state index contributed by atoms with van der Waals surface area (Å²) in [6.45, 7) is 3.36. The first-order valence-electron chi connectivity index (χ1n) is 8.78. The Balaban J connectivity index is 1.49. The summed E-state index contributed by atoms with van der Waals surface area (Å²) in [5, 5.41) is 3.01. The highest BCUT2D eigenvalue weighted by atomic mass is 32.2. The van der Waals surface area contributed by atoms with Crippen molar-refractivity contribution in [2.75, 3.05) is 44.3 Å². The van der Waals surface area contributed by atoms with Gasteiger partial charge in [0.1, 0.15) is 0 Å². The number of thioether (sulfide) groups is 1. The van der Waals surface area contributed by atoms with Crippen LogP contribution in [0.2, 0.25) is 0 Å². The number of piperazine rings is 1. The first kappa shape index (κ1) is 18.5. The summed E-state index contributed by atoms with van der Waals surface area (Å²) in [7, 11) is 0. The van der Waals surface area contributed by atoms with Crippen molar-refractivity contribution in [3.8, 4) is 0 Å². The third-order valence-corrected chi connectivity index (χ3v) is 5.37. The number of hydrogen-bond acceptors (Lipinski definition) is 3. The summed E-state index contributed by atoms with van der Waals surface area (Å²) >= 11 is 1.62. The van der Waals surface area contributed by atoms with Gasteiger partial charge in [-0.3, -0.25) is 9.59 Å². The van der Waals surface area contributed by atoms with Crippen LogP contribution in [0.5, 0.6) is 0 Å². The summed E-state index contributed by atoms with van der Waals surface area (Å²) in [5.41, 5.74) is 1.59. The molecule has 0 unspecified atom stereocenters. The zero-order valence-corrected chi connectivity index (χ0v) is 15.7. The van der Waals surface area contributed by atoms with Gasteiger partial charge in [-0.25, -0.2) is 0 Å². The lowest BCUT2D eigenvalue weighted by Crippen LogP contribution is -3.15. The van der Waals surface area contributed by atoms with Crippen LogP contribution in [-0.4, -0.2) is 55.7 Å². The van der Waals surface area contributed by atoms with Crippen LogP contribution in [0.1, 0.15) is 10.4 Å². The molecule has 1 fully saturated rings. The van der Waals surface area contributed by atoms with Gasteiger partial charge < -0.3 is 15.1 Å². The highest BCUT2D eigenvalue weighted by molar-refractivity contribution is 7.98. The van der Waals surface area contributed by atoms with Gasteiger partial charge in [0.2, 0.25) is 0 Å². The number of anilines is 1. The maximum Gasteiger partial charge on any atom is 0.279 e. The standard InChI is InChI=1S/C20H23N3O2S/c1-26-18-10-6-5-9-17(18)21-19(24)15-22-11-13-23(14-12-22)20(25)16-7-3-2-4-8-16/h2-10H,11-15H2,1H3,(H,21,24)/p+1. The monoisotopic (exact) mass is 370 g/mol. The molecule has 1 saturated heterocycles. The number of rotatable bonds is 5. The highest BCUT2D eigenvalue weighted by Gasteiger charge is 2.25. The Morgan fingerprint density at radius 2 is 1.69 bits per heavy atom. The van der Waals surface area contributed by atoms with Crippen molar-refractivity contribution in [2.45, 2.75) is 4.90 Å². The Morgan fingerprint density at radius 1 is 1.04 bits per heavy atom. The van der Waals surface area contributed by atoms with Gasteiger partial charge >= 0.3 is 0 Å². The van der Waals surface area contributed by atoms with Gasteiger partial charge in [0, 0.05) is 10.5 Å². The van der Waals surface area contributed by atoms with Crippen LogP contribution in [0.25, 0.3) is 0 Å². The first-order valence-corrected chi connectivity index (χ1v) is 10.0. The molecule has 3 rings (SSSR count). The number of para-hydroxylation sites is 1. The normalized spacial score (nSPS) is 14.9. The molecule has 26 heavy (non-hydrogen) atoms. The van der Waals surface area contributed by atoms with Crippen molar-refractivity contribution >= 4 is 29.3 Å². The van der Waals surface area contributed by atoms with E-state index in [1.165, 1.54) is 4.90 Å². The first-order chi connectivity index (χ1) is 12.7. The summed E-state index contributed by atoms with van der Waals surface area (Å²) in [5.74, 6) is 0.0901. The molecule has 0 atom stereocenters. The van der Waals surface area contributed by atoms with Gasteiger partial charge in [-0.15, -0.1) is 11.8 Å². The third-order valence-electron chi connectivity index (χ3n) is 4.57. The molecule has 2 amide bonds. The zero-order chi connectivity index (χ0) is 18.4. The van der Waals surface area contributed by atoms with E-state index in [2.05, 4.69) is 5.32 Å². The van der Waals surface area contributed by atoms with Crippen LogP contribution >= 0.6 is 11.8 Å². The van der Waals surface area contributed by atoms with E-state index < -0.39 is 0 Å². The van der Waals surface area contributed by atoms with Crippen LogP contribution in [0.3, 0.4) is 0 Å². The van der Waals surface area contributed by atoms with Gasteiger partial charge in [0.05, 0.1) is 31.9 Å². The molecular weight excluding hydrogens is 346 g/mol. The molecule has 1 heterocycles. The Kier molecular flexibility index (Phi) is 6.30. The Labute approximate surface area is 158 Å². The smallest absolute Gasteiger partial charge is 0.279 e. The van der Waals surface area contributed by atoms with Crippen molar-refractivity contribution in [1.29, 1.82) is 0 Å². The third kappa shape index (κ3) is 4.65. The Hall–Kier alpha value is -2.31. The highest BCUT2D eigenvalue weighted by Crippen LogP contribution is 2.24. The van der Waals surface area contributed by atoms with Crippen LogP contribution in [0.4, 0.5) is 5.69 Å². The van der Waals surface area contributed by atoms with E-state index in [0.29, 0.717) is 19.6 Å². The minimum absolute atomic E-state index is 0.0179. The molecule has 6 heteroatoms. The number of carbonyl (C=O) groups excluding carboxylic acids is 2. The van der Waals surface area contributed by atoms with Crippen molar-refractivity contribution in [1.82, 2.24) is 4.90 Å². The second kappa shape index (κ2) is 8.87. The molecule has 0 aliphatic carbocycles. The van der Waals surface area contributed by atoms with Crippen LogP contribution in [-0.2, 0) is 4.79 Å². The van der Waals surface area contributed by atoms with Crippen molar-refractivity contribution in [2.24, 2.45) is 0 Å². The second-order valence-corrected chi connectivity index (χ2v) is 7.18. The fourth-order valence-corrected chi connectivity index (χ4v) is 3.69. The average Bonchev–Trinajstić information content (AvgIpc) is 2.69. The Bertz CT molecular complexity index is 759. The number of amides is 2. The largest absolute Gasteiger partial charge is 0.327 e. The van der Waals surface area contributed by atoms with E-state index in [-0.39, 0.29) is 11.8 Å². The lowest BCUT2D eigenvalue weighted by molar-refractivity contribution is -0.895. The van der Waals surface area contributed by atoms with Gasteiger partial charge in [-0.05, 0) is 30.5 Å². The quantitative estimate of drug-likeness (QED) is 0.782. The van der Waals surface area contributed by atoms with E-state index in [0.717, 1.165) is 29.2 Å². The van der Waals surface area contributed by atoms with E-state index in [1.54, 1.807) is 11.8 Å². The molecule has 0 radical (unpaired) electrons. The van der Waals surface area contributed by atoms with E-state index in [9.17, 15) is 9.59 Å². The number of nitrogens with one attached hydrogen (secondary N) is 2. The van der Waals surface area contributed by atoms with E-state index >= 15 is 0 Å². The average molecular weight is 370 g/mol. The van der Waals surface area contributed by atoms with Gasteiger partial charge in [-0.2, -0.15) is 0 Å². The fraction of sp³-hybridized carbons (Fsp3) is 0.300. The molecule has 1 aliphatic heterocycles. The van der Waals surface area contributed by atoms with E-state index in [1.807, 2.05) is 65.8 Å². The van der Waals surface area contributed by atoms with Crippen LogP contribution in [0.15, 0.2) is 59.5 Å². The predicted molar refractivity (Wildman–Crippen MR) is 105 cm³/mol. The van der Waals surface area contributed by atoms with Gasteiger partial charge in [0.15, 0.2) is 6.54 Å². The zero-order valence-electron chi connectivity index (χ0n) is 14.9. The molecule has 2 aromatic rings. The molecule has 0 bridgehead atoms. The molecule has 0 aromatic heterocycles. The molecule has 2 N–H and O–H groups in total. The maximum absolute atomic E-state index is 12.5. The molecule has 0 saturated carbocycles. The van der Waals surface area contributed by atoms with Crippen LogP contribution in [0, 0.1) is 0 Å². The molecule has 2 aromatic carbocycles. The minimum Gasteiger partial charge on any atom is -0.327 e. The summed E-state index contributed by atoms with van der Waals surface area (Å²) < 4.78 is 0. The number of hydrogen-bond donors (Lipinski definition) is 2. The number of benzene rings is 2. The van der Waals surface area contributed by atoms with Crippen molar-refractivity contribution in [3.05, 3.63) is 60.2 Å². The second-order valence-electron chi connectivity index (χ2n) is 6.33. The van der Waals surface area contributed by atoms with Crippen LogP contribution < -0.4 is 10.2 Å².